The Bertz CT molecular complexity index is 1260. The number of aromatic nitrogens is 4. The lowest BCUT2D eigenvalue weighted by Gasteiger charge is -2.10. The van der Waals surface area contributed by atoms with Crippen molar-refractivity contribution in [2.24, 2.45) is 4.99 Å². The number of hydrogen-bond donors (Lipinski definition) is 1. The van der Waals surface area contributed by atoms with Crippen LogP contribution in [-0.2, 0) is 17.5 Å². The van der Waals surface area contributed by atoms with Crippen LogP contribution in [0, 0.1) is 13.8 Å². The van der Waals surface area contributed by atoms with Gasteiger partial charge >= 0.3 is 6.18 Å². The molecule has 0 spiro atoms. The lowest BCUT2D eigenvalue weighted by molar-refractivity contribution is -0.141. The van der Waals surface area contributed by atoms with Crippen molar-refractivity contribution in [3.63, 3.8) is 0 Å². The number of nitrogens with one attached hydrogen (secondary N) is 1. The lowest BCUT2D eigenvalue weighted by Crippen LogP contribution is -2.21. The average Bonchev–Trinajstić information content (AvgIpc) is 3.08. The molecule has 0 aliphatic heterocycles. The van der Waals surface area contributed by atoms with Gasteiger partial charge in [-0.1, -0.05) is 12.7 Å². The first-order chi connectivity index (χ1) is 16.1. The third-order valence-corrected chi connectivity index (χ3v) is 4.92. The van der Waals surface area contributed by atoms with E-state index in [1.165, 1.54) is 6.07 Å². The highest BCUT2D eigenvalue weighted by Crippen LogP contribution is 2.31. The number of rotatable bonds is 7. The van der Waals surface area contributed by atoms with Gasteiger partial charge in [-0.3, -0.25) is 14.8 Å². The molecule has 1 amide bonds. The fourth-order valence-electron chi connectivity index (χ4n) is 3.26. The number of amides is 1. The first-order valence-corrected chi connectivity index (χ1v) is 10.3. The van der Waals surface area contributed by atoms with Gasteiger partial charge in [-0.25, -0.2) is 9.97 Å². The molecule has 34 heavy (non-hydrogen) atoms. The zero-order valence-corrected chi connectivity index (χ0v) is 18.9. The Morgan fingerprint density at radius 1 is 1.24 bits per heavy atom. The molecule has 0 saturated carbocycles. The summed E-state index contributed by atoms with van der Waals surface area (Å²) in [6.07, 6.45) is 3.16. The third kappa shape index (κ3) is 5.64. The topological polar surface area (TPSA) is 85.1 Å². The lowest BCUT2D eigenvalue weighted by atomic mass is 10.1. The Balaban J connectivity index is 1.76. The van der Waals surface area contributed by atoms with Crippen molar-refractivity contribution >= 4 is 17.4 Å². The van der Waals surface area contributed by atoms with Crippen LogP contribution in [0.1, 0.15) is 29.7 Å². The maximum Gasteiger partial charge on any atom is 0.433 e. The van der Waals surface area contributed by atoms with Gasteiger partial charge in [0, 0.05) is 35.4 Å². The molecule has 0 fully saturated rings. The van der Waals surface area contributed by atoms with Crippen molar-refractivity contribution in [1.82, 2.24) is 19.5 Å². The average molecular weight is 468 g/mol. The van der Waals surface area contributed by atoms with E-state index in [4.69, 9.17) is 0 Å². The Labute approximate surface area is 194 Å². The number of allylic oxidation sites excluding steroid dienone is 2. The number of carbonyl (C=O) groups excluding carboxylic acids is 1. The Morgan fingerprint density at radius 2 is 2.00 bits per heavy atom. The van der Waals surface area contributed by atoms with E-state index in [0.29, 0.717) is 28.7 Å². The second kappa shape index (κ2) is 10.2. The summed E-state index contributed by atoms with van der Waals surface area (Å²) < 4.78 is 40.7. The molecule has 1 N–H and O–H groups in total. The number of aryl methyl sites for hydroxylation is 1. The zero-order valence-electron chi connectivity index (χ0n) is 18.9. The van der Waals surface area contributed by atoms with Crippen molar-refractivity contribution in [2.45, 2.75) is 33.5 Å². The monoisotopic (exact) mass is 468 g/mol. The fourth-order valence-corrected chi connectivity index (χ4v) is 3.26. The predicted octanol–water partition coefficient (Wildman–Crippen LogP) is 5.12. The summed E-state index contributed by atoms with van der Waals surface area (Å²) in [5.41, 5.74) is 1.58. The second-order valence-electron chi connectivity index (χ2n) is 7.29. The van der Waals surface area contributed by atoms with E-state index in [-0.39, 0.29) is 18.0 Å². The minimum atomic E-state index is -4.56. The van der Waals surface area contributed by atoms with E-state index in [2.05, 4.69) is 31.8 Å². The zero-order chi connectivity index (χ0) is 24.9. The van der Waals surface area contributed by atoms with E-state index < -0.39 is 11.9 Å². The first-order valence-electron chi connectivity index (χ1n) is 10.3. The maximum atomic E-state index is 13.0. The van der Waals surface area contributed by atoms with Gasteiger partial charge in [-0.2, -0.15) is 13.2 Å². The minimum absolute atomic E-state index is 0.0774. The first kappa shape index (κ1) is 24.6. The van der Waals surface area contributed by atoms with Crippen molar-refractivity contribution in [3.8, 4) is 11.3 Å². The molecule has 10 heteroatoms. The normalized spacial score (nSPS) is 12.2. The van der Waals surface area contributed by atoms with Crippen molar-refractivity contribution in [1.29, 1.82) is 0 Å². The van der Waals surface area contributed by atoms with Crippen molar-refractivity contribution in [3.05, 3.63) is 84.4 Å². The van der Waals surface area contributed by atoms with E-state index in [9.17, 15) is 18.0 Å². The fraction of sp³-hybridized carbons (Fsp3) is 0.208. The number of halogens is 3. The summed E-state index contributed by atoms with van der Waals surface area (Å²) in [5, 5.41) is 2.71. The number of imidazole rings is 1. The van der Waals surface area contributed by atoms with Gasteiger partial charge < -0.3 is 9.88 Å². The largest absolute Gasteiger partial charge is 0.433 e. The summed E-state index contributed by atoms with van der Waals surface area (Å²) in [4.78, 5) is 28.9. The van der Waals surface area contributed by atoms with Crippen molar-refractivity contribution < 1.29 is 18.0 Å². The molecule has 0 atom stereocenters. The number of carbonyl (C=O) groups is 1. The van der Waals surface area contributed by atoms with Gasteiger partial charge in [0.05, 0.1) is 11.4 Å². The van der Waals surface area contributed by atoms with Gasteiger partial charge in [0.25, 0.3) is 0 Å². The summed E-state index contributed by atoms with van der Waals surface area (Å²) in [6.45, 7) is 8.89. The van der Waals surface area contributed by atoms with E-state index in [1.54, 1.807) is 55.1 Å². The van der Waals surface area contributed by atoms with Gasteiger partial charge in [0.2, 0.25) is 5.91 Å². The highest BCUT2D eigenvalue weighted by molar-refractivity contribution is 6.08. The quantitative estimate of drug-likeness (QED) is 0.488. The number of hydrogen-bond acceptors (Lipinski definition) is 5. The van der Waals surface area contributed by atoms with Crippen LogP contribution in [0.2, 0.25) is 0 Å². The summed E-state index contributed by atoms with van der Waals surface area (Å²) in [6, 6.07) is 5.81. The smallest absolute Gasteiger partial charge is 0.322 e. The van der Waals surface area contributed by atoms with Gasteiger partial charge in [0.15, 0.2) is 0 Å². The number of pyridine rings is 2. The molecule has 3 aromatic rings. The molecule has 0 saturated heterocycles. The molecule has 3 aromatic heterocycles. The molecule has 3 rings (SSSR count). The Hall–Kier alpha value is -4.08. The van der Waals surface area contributed by atoms with Gasteiger partial charge in [-0.15, -0.1) is 0 Å². The van der Waals surface area contributed by atoms with E-state index >= 15 is 0 Å². The molecule has 0 aliphatic rings. The van der Waals surface area contributed by atoms with Crippen LogP contribution in [0.3, 0.4) is 0 Å². The maximum absolute atomic E-state index is 13.0. The van der Waals surface area contributed by atoms with Crippen LogP contribution in [0.25, 0.3) is 11.3 Å². The van der Waals surface area contributed by atoms with Crippen LogP contribution in [-0.4, -0.2) is 31.1 Å². The highest BCUT2D eigenvalue weighted by Gasteiger charge is 2.33. The van der Waals surface area contributed by atoms with E-state index in [0.717, 1.165) is 17.8 Å². The van der Waals surface area contributed by atoms with Crippen molar-refractivity contribution in [2.75, 3.05) is 5.32 Å². The predicted molar refractivity (Wildman–Crippen MR) is 124 cm³/mol. The number of alkyl halides is 3. The Morgan fingerprint density at radius 3 is 2.62 bits per heavy atom. The minimum Gasteiger partial charge on any atom is -0.322 e. The van der Waals surface area contributed by atoms with Gasteiger partial charge in [0.1, 0.15) is 23.9 Å². The SMILES string of the molecule is C=CC(=N/C=C\C)c1ccc(NC(=O)Cn2c(C)nc(-c3ccnc(C(F)(F)F)c3)c2C)nc1. The number of aliphatic imine (C=N–C) groups is 1. The molecule has 0 aromatic carbocycles. The summed E-state index contributed by atoms with van der Waals surface area (Å²) in [7, 11) is 0. The second-order valence-corrected chi connectivity index (χ2v) is 7.29. The molecule has 3 heterocycles. The highest BCUT2D eigenvalue weighted by atomic mass is 19.4. The van der Waals surface area contributed by atoms with Gasteiger partial charge in [-0.05, 0) is 51.1 Å². The van der Waals surface area contributed by atoms with Crippen LogP contribution in [0.15, 0.2) is 66.6 Å². The summed E-state index contributed by atoms with van der Waals surface area (Å²) in [5.74, 6) is 0.488. The van der Waals surface area contributed by atoms with Crippen LogP contribution in [0.5, 0.6) is 0 Å². The Kier molecular flexibility index (Phi) is 7.40. The third-order valence-electron chi connectivity index (χ3n) is 4.92. The molecule has 176 valence electrons. The van der Waals surface area contributed by atoms with Crippen LogP contribution < -0.4 is 5.32 Å². The molecule has 0 radical (unpaired) electrons. The molecule has 7 nitrogen and oxygen atoms in total. The standard InChI is InChI=1S/C24H23F3N6O/c1-5-10-28-19(6-2)18-7-8-21(30-13-18)32-22(34)14-33-15(3)23(31-16(33)4)17-9-11-29-20(12-17)24(25,26)27/h5-13H,2,14H2,1,3-4H3,(H,30,32,34)/b10-5-,28-19?. The van der Waals surface area contributed by atoms with Crippen LogP contribution in [0.4, 0.5) is 19.0 Å². The molecule has 0 unspecified atom stereocenters. The number of anilines is 1. The van der Waals surface area contributed by atoms with Crippen LogP contribution >= 0.6 is 0 Å². The molecular formula is C24H23F3N6O. The summed E-state index contributed by atoms with van der Waals surface area (Å²) >= 11 is 0. The number of nitrogens with zero attached hydrogens (tertiary/aromatic N) is 5. The molecule has 0 aliphatic carbocycles. The van der Waals surface area contributed by atoms with E-state index in [1.807, 2.05) is 6.92 Å². The molecule has 0 bridgehead atoms. The molecular weight excluding hydrogens is 445 g/mol.